The van der Waals surface area contributed by atoms with Gasteiger partial charge in [0.2, 0.25) is 0 Å². The van der Waals surface area contributed by atoms with Crippen LogP contribution in [0.15, 0.2) is 0 Å². The zero-order valence-corrected chi connectivity index (χ0v) is 10.4. The Hall–Kier alpha value is -1.06. The molecule has 0 fully saturated rings. The lowest BCUT2D eigenvalue weighted by atomic mass is 9.88. The largest absolute Gasteiger partial charge is 0.623 e. The van der Waals surface area contributed by atoms with Crippen LogP contribution >= 0.6 is 0 Å². The molecule has 1 rings (SSSR count). The second-order valence-corrected chi connectivity index (χ2v) is 4.37. The Morgan fingerprint density at radius 1 is 1.56 bits per heavy atom. The van der Waals surface area contributed by atoms with Crippen LogP contribution in [-0.4, -0.2) is 29.1 Å². The summed E-state index contributed by atoms with van der Waals surface area (Å²) in [7, 11) is 1.38. The van der Waals surface area contributed by atoms with Crippen LogP contribution in [0.25, 0.3) is 0 Å². The van der Waals surface area contributed by atoms with Crippen molar-refractivity contribution in [2.24, 2.45) is 0 Å². The summed E-state index contributed by atoms with van der Waals surface area (Å²) in [4.78, 5) is 11.1. The molecule has 0 aliphatic carbocycles. The summed E-state index contributed by atoms with van der Waals surface area (Å²) in [5.41, 5.74) is 0.603. The third-order valence-electron chi connectivity index (χ3n) is 3.69. The van der Waals surface area contributed by atoms with Crippen molar-refractivity contribution in [3.8, 4) is 0 Å². The number of hydrogen-bond donors (Lipinski definition) is 0. The Balaban J connectivity index is 2.72. The van der Waals surface area contributed by atoms with Gasteiger partial charge in [-0.25, -0.2) is 4.74 Å². The summed E-state index contributed by atoms with van der Waals surface area (Å²) >= 11 is 0. The van der Waals surface area contributed by atoms with Crippen molar-refractivity contribution in [2.45, 2.75) is 57.9 Å². The summed E-state index contributed by atoms with van der Waals surface area (Å²) in [5.74, 6) is -0.230. The minimum Gasteiger partial charge on any atom is -0.623 e. The molecular formula is C12H21NO3. The van der Waals surface area contributed by atoms with E-state index >= 15 is 0 Å². The molecule has 1 atom stereocenters. The van der Waals surface area contributed by atoms with Gasteiger partial charge in [-0.15, -0.1) is 0 Å². The molecule has 0 amide bonds. The van der Waals surface area contributed by atoms with Crippen LogP contribution in [0, 0.1) is 5.21 Å². The zero-order valence-electron chi connectivity index (χ0n) is 10.4. The highest BCUT2D eigenvalue weighted by molar-refractivity contribution is 5.81. The van der Waals surface area contributed by atoms with E-state index in [4.69, 9.17) is 0 Å². The van der Waals surface area contributed by atoms with Crippen molar-refractivity contribution in [1.82, 2.24) is 0 Å². The summed E-state index contributed by atoms with van der Waals surface area (Å²) in [6.45, 7) is 4.02. The fraction of sp³-hybridized carbons (Fsp3) is 0.833. The average Bonchev–Trinajstić information content (AvgIpc) is 2.63. The molecule has 0 saturated heterocycles. The van der Waals surface area contributed by atoms with E-state index in [1.54, 1.807) is 0 Å². The van der Waals surface area contributed by atoms with Crippen LogP contribution in [0.4, 0.5) is 0 Å². The van der Waals surface area contributed by atoms with Gasteiger partial charge in [0.05, 0.1) is 13.5 Å². The number of ether oxygens (including phenoxy) is 1. The Kier molecular flexibility index (Phi) is 4.33. The Morgan fingerprint density at radius 2 is 2.25 bits per heavy atom. The fourth-order valence-corrected chi connectivity index (χ4v) is 2.40. The number of methoxy groups -OCH3 is 1. The Morgan fingerprint density at radius 3 is 2.69 bits per heavy atom. The average molecular weight is 227 g/mol. The summed E-state index contributed by atoms with van der Waals surface area (Å²) in [6, 6.07) is 0. The number of hydrogen-bond acceptors (Lipinski definition) is 3. The van der Waals surface area contributed by atoms with E-state index < -0.39 is 0 Å². The van der Waals surface area contributed by atoms with Gasteiger partial charge >= 0.3 is 5.97 Å². The van der Waals surface area contributed by atoms with Crippen molar-refractivity contribution >= 4 is 11.7 Å². The van der Waals surface area contributed by atoms with Crippen LogP contribution in [-0.2, 0) is 9.53 Å². The number of esters is 1. The maximum atomic E-state index is 12.1. The maximum Gasteiger partial charge on any atom is 0.305 e. The highest BCUT2D eigenvalue weighted by Gasteiger charge is 2.43. The second kappa shape index (κ2) is 5.32. The van der Waals surface area contributed by atoms with Crippen LogP contribution in [0.1, 0.15) is 52.4 Å². The molecule has 1 aliphatic heterocycles. The van der Waals surface area contributed by atoms with Crippen LogP contribution < -0.4 is 0 Å². The van der Waals surface area contributed by atoms with E-state index in [1.165, 1.54) is 7.11 Å². The van der Waals surface area contributed by atoms with E-state index in [9.17, 15) is 10.0 Å². The predicted octanol–water partition coefficient (Wildman–Crippen LogP) is 2.24. The standard InChI is InChI=1S/C12H21NO3/c1-4-10-6-8-12(5-2,13(10)15)9-7-11(14)16-3/h4-9H2,1-3H3. The number of carbonyl (C=O) groups excluding carboxylic acids is 1. The van der Waals surface area contributed by atoms with Crippen LogP contribution in [0.2, 0.25) is 0 Å². The second-order valence-electron chi connectivity index (χ2n) is 4.37. The molecule has 0 radical (unpaired) electrons. The minimum absolute atomic E-state index is 0.230. The minimum atomic E-state index is -0.362. The molecule has 0 spiro atoms. The van der Waals surface area contributed by atoms with Gasteiger partial charge in [-0.1, -0.05) is 13.8 Å². The zero-order chi connectivity index (χ0) is 12.2. The highest BCUT2D eigenvalue weighted by Crippen LogP contribution is 2.33. The molecule has 1 heterocycles. The van der Waals surface area contributed by atoms with Gasteiger partial charge < -0.3 is 9.94 Å². The lowest BCUT2D eigenvalue weighted by Crippen LogP contribution is -2.36. The molecule has 16 heavy (non-hydrogen) atoms. The third-order valence-corrected chi connectivity index (χ3v) is 3.69. The summed E-state index contributed by atoms with van der Waals surface area (Å²) in [6.07, 6.45) is 4.27. The van der Waals surface area contributed by atoms with Crippen molar-refractivity contribution in [2.75, 3.05) is 7.11 Å². The highest BCUT2D eigenvalue weighted by atomic mass is 16.5. The Labute approximate surface area is 96.9 Å². The molecule has 0 saturated carbocycles. The number of nitrogens with zero attached hydrogens (tertiary/aromatic N) is 1. The number of hydroxylamine groups is 1. The molecule has 92 valence electrons. The van der Waals surface area contributed by atoms with Crippen LogP contribution in [0.3, 0.4) is 0 Å². The molecule has 0 N–H and O–H groups in total. The van der Waals surface area contributed by atoms with Crippen molar-refractivity contribution in [1.29, 1.82) is 0 Å². The van der Waals surface area contributed by atoms with E-state index in [1.807, 2.05) is 13.8 Å². The van der Waals surface area contributed by atoms with Gasteiger partial charge in [0.25, 0.3) is 0 Å². The lowest BCUT2D eigenvalue weighted by molar-refractivity contribution is -0.544. The van der Waals surface area contributed by atoms with E-state index in [0.29, 0.717) is 12.8 Å². The lowest BCUT2D eigenvalue weighted by Gasteiger charge is -2.26. The quantitative estimate of drug-likeness (QED) is 0.411. The molecule has 1 aliphatic rings. The third kappa shape index (κ3) is 2.36. The molecule has 1 unspecified atom stereocenters. The molecule has 0 aromatic heterocycles. The van der Waals surface area contributed by atoms with Crippen molar-refractivity contribution in [3.05, 3.63) is 5.21 Å². The van der Waals surface area contributed by atoms with E-state index in [2.05, 4.69) is 4.74 Å². The van der Waals surface area contributed by atoms with Gasteiger partial charge in [0, 0.05) is 32.1 Å². The number of carbonyl (C=O) groups is 1. The monoisotopic (exact) mass is 227 g/mol. The molecule has 4 nitrogen and oxygen atoms in total. The molecule has 0 aromatic rings. The molecule has 0 bridgehead atoms. The first-order valence-corrected chi connectivity index (χ1v) is 5.98. The predicted molar refractivity (Wildman–Crippen MR) is 62.4 cm³/mol. The van der Waals surface area contributed by atoms with Gasteiger partial charge in [-0.05, 0) is 0 Å². The molecule has 4 heteroatoms. The van der Waals surface area contributed by atoms with Crippen LogP contribution in [0.5, 0.6) is 0 Å². The SMILES string of the molecule is CCC1=[N+]([O-])C(CC)(CCC(=O)OC)CC1. The first-order chi connectivity index (χ1) is 7.59. The van der Waals surface area contributed by atoms with Crippen molar-refractivity contribution < 1.29 is 14.3 Å². The maximum absolute atomic E-state index is 12.1. The topological polar surface area (TPSA) is 52.4 Å². The molecular weight excluding hydrogens is 206 g/mol. The van der Waals surface area contributed by atoms with Gasteiger partial charge in [0.15, 0.2) is 11.3 Å². The first kappa shape index (κ1) is 13.0. The summed E-state index contributed by atoms with van der Waals surface area (Å²) < 4.78 is 5.78. The number of rotatable bonds is 5. The fourth-order valence-electron chi connectivity index (χ4n) is 2.40. The van der Waals surface area contributed by atoms with E-state index in [0.717, 1.165) is 36.1 Å². The van der Waals surface area contributed by atoms with Crippen molar-refractivity contribution in [3.63, 3.8) is 0 Å². The smallest absolute Gasteiger partial charge is 0.305 e. The van der Waals surface area contributed by atoms with Gasteiger partial charge in [-0.3, -0.25) is 4.79 Å². The van der Waals surface area contributed by atoms with Gasteiger partial charge in [-0.2, -0.15) is 0 Å². The first-order valence-electron chi connectivity index (χ1n) is 5.98. The van der Waals surface area contributed by atoms with E-state index in [-0.39, 0.29) is 11.5 Å². The van der Waals surface area contributed by atoms with Gasteiger partial charge in [0.1, 0.15) is 0 Å². The molecule has 0 aromatic carbocycles. The Bertz CT molecular complexity index is 299. The summed E-state index contributed by atoms with van der Waals surface area (Å²) in [5, 5.41) is 12.1. The normalized spacial score (nSPS) is 24.9.